The van der Waals surface area contributed by atoms with Crippen LogP contribution in [-0.4, -0.2) is 55.7 Å². The Hall–Kier alpha value is -0.258. The largest absolute Gasteiger partial charge is 2.00 e. The first-order valence-corrected chi connectivity index (χ1v) is 2.02. The second-order valence-electron chi connectivity index (χ2n) is 1.24. The summed E-state index contributed by atoms with van der Waals surface area (Å²) in [4.78, 5) is 19.0. The van der Waals surface area contributed by atoms with Gasteiger partial charge in [0.25, 0.3) is 0 Å². The minimum atomic E-state index is -1.37. The van der Waals surface area contributed by atoms with Crippen LogP contribution < -0.4 is 10.2 Å². The molecule has 0 rings (SSSR count). The summed E-state index contributed by atoms with van der Waals surface area (Å²) in [5, 5.41) is 19.0. The first kappa shape index (κ1) is 29.8. The van der Waals surface area contributed by atoms with E-state index in [1.807, 2.05) is 0 Å². The fourth-order valence-corrected chi connectivity index (χ4v) is 0.204. The topological polar surface area (TPSA) is 175 Å². The van der Waals surface area contributed by atoms with Crippen molar-refractivity contribution in [3.05, 3.63) is 0 Å². The van der Waals surface area contributed by atoms with Gasteiger partial charge in [-0.1, -0.05) is 0 Å². The van der Waals surface area contributed by atoms with Crippen molar-refractivity contribution in [1.29, 1.82) is 0 Å². The predicted octanol–water partition coefficient (Wildman–Crippen LogP) is -5.59. The summed E-state index contributed by atoms with van der Waals surface area (Å²) >= 11 is 0. The van der Waals surface area contributed by atoms with E-state index in [0.717, 1.165) is 0 Å². The zero-order chi connectivity index (χ0) is 6.57. The van der Waals surface area contributed by atoms with Gasteiger partial charge in [-0.15, -0.1) is 0 Å². The van der Waals surface area contributed by atoms with E-state index in [-0.39, 0.29) is 43.7 Å². The molecule has 0 aromatic carbocycles. The molecular weight excluding hydrogens is 367 g/mol. The van der Waals surface area contributed by atoms with Crippen molar-refractivity contribution in [2.45, 2.75) is 12.8 Å². The molecular formula is C4H10O7Pb. The van der Waals surface area contributed by atoms with Crippen molar-refractivity contribution in [1.82, 2.24) is 0 Å². The molecule has 0 atom stereocenters. The van der Waals surface area contributed by atoms with Gasteiger partial charge in [0.05, 0.1) is 0 Å². The Morgan fingerprint density at radius 3 is 1.08 bits per heavy atom. The van der Waals surface area contributed by atoms with Crippen molar-refractivity contribution in [3.8, 4) is 0 Å². The molecule has 0 aliphatic heterocycles. The molecule has 0 aliphatic rings. The fourth-order valence-electron chi connectivity index (χ4n) is 0.204. The Balaban J connectivity index is -0.0000000408. The van der Waals surface area contributed by atoms with Crippen LogP contribution in [0.1, 0.15) is 12.8 Å². The Labute approximate surface area is 88.5 Å². The number of hydrogen-bond donors (Lipinski definition) is 0. The zero-order valence-electron chi connectivity index (χ0n) is 6.05. The van der Waals surface area contributed by atoms with Gasteiger partial charge in [-0.2, -0.15) is 0 Å². The van der Waals surface area contributed by atoms with Gasteiger partial charge in [-0.05, 0) is 12.8 Å². The maximum Gasteiger partial charge on any atom is 2.00 e. The Bertz CT molecular complexity index is 100.0. The van der Waals surface area contributed by atoms with Gasteiger partial charge < -0.3 is 36.2 Å². The molecule has 0 aliphatic carbocycles. The summed E-state index contributed by atoms with van der Waals surface area (Å²) in [5.41, 5.74) is 0. The predicted molar refractivity (Wildman–Crippen MR) is 35.8 cm³/mol. The second-order valence-corrected chi connectivity index (χ2v) is 1.24. The molecule has 12 heavy (non-hydrogen) atoms. The minimum Gasteiger partial charge on any atom is -0.550 e. The number of aliphatic carboxylic acids is 2. The molecule has 8 heteroatoms. The zero-order valence-corrected chi connectivity index (χ0v) is 9.93. The van der Waals surface area contributed by atoms with Crippen LogP contribution in [0.25, 0.3) is 0 Å². The van der Waals surface area contributed by atoms with E-state index < -0.39 is 24.8 Å². The van der Waals surface area contributed by atoms with Crippen LogP contribution in [0.3, 0.4) is 0 Å². The van der Waals surface area contributed by atoms with Crippen LogP contribution in [0.15, 0.2) is 0 Å². The average molecular weight is 377 g/mol. The third-order valence-electron chi connectivity index (χ3n) is 0.533. The van der Waals surface area contributed by atoms with Crippen LogP contribution in [0.2, 0.25) is 0 Å². The van der Waals surface area contributed by atoms with E-state index in [9.17, 15) is 19.8 Å². The summed E-state index contributed by atoms with van der Waals surface area (Å²) < 4.78 is 0. The number of rotatable bonds is 3. The van der Waals surface area contributed by atoms with Gasteiger partial charge in [0.1, 0.15) is 0 Å². The van der Waals surface area contributed by atoms with E-state index in [1.54, 1.807) is 0 Å². The number of carboxylic acid groups (broad SMARTS) is 2. The maximum atomic E-state index is 9.50. The molecule has 0 amide bonds. The first-order valence-electron chi connectivity index (χ1n) is 2.02. The SMILES string of the molecule is O.O.O.O=C([O-])CCC(=O)[O-].[Pb+2]. The first-order chi connectivity index (χ1) is 3.63. The molecule has 0 unspecified atom stereocenters. The molecule has 0 aromatic heterocycles. The smallest absolute Gasteiger partial charge is 0.550 e. The van der Waals surface area contributed by atoms with Gasteiger partial charge in [0.15, 0.2) is 0 Å². The van der Waals surface area contributed by atoms with E-state index in [4.69, 9.17) is 0 Å². The van der Waals surface area contributed by atoms with Crippen molar-refractivity contribution in [2.24, 2.45) is 0 Å². The molecule has 7 nitrogen and oxygen atoms in total. The monoisotopic (exact) mass is 378 g/mol. The molecule has 72 valence electrons. The Morgan fingerprint density at radius 1 is 0.833 bits per heavy atom. The molecule has 0 spiro atoms. The third-order valence-corrected chi connectivity index (χ3v) is 0.533. The molecule has 0 aromatic rings. The third kappa shape index (κ3) is 33.1. The van der Waals surface area contributed by atoms with Gasteiger partial charge in [0.2, 0.25) is 0 Å². The molecule has 2 radical (unpaired) electrons. The Kier molecular flexibility index (Phi) is 42.3. The van der Waals surface area contributed by atoms with Crippen LogP contribution in [0, 0.1) is 0 Å². The van der Waals surface area contributed by atoms with E-state index in [0.29, 0.717) is 0 Å². The summed E-state index contributed by atoms with van der Waals surface area (Å²) in [6.45, 7) is 0. The van der Waals surface area contributed by atoms with E-state index in [1.165, 1.54) is 0 Å². The van der Waals surface area contributed by atoms with Crippen molar-refractivity contribution < 1.29 is 36.2 Å². The van der Waals surface area contributed by atoms with Gasteiger partial charge in [0, 0.05) is 11.9 Å². The number of carbonyl (C=O) groups is 2. The van der Waals surface area contributed by atoms with Gasteiger partial charge in [-0.3, -0.25) is 0 Å². The van der Waals surface area contributed by atoms with Gasteiger partial charge >= 0.3 is 27.3 Å². The van der Waals surface area contributed by atoms with Crippen LogP contribution in [0.5, 0.6) is 0 Å². The summed E-state index contributed by atoms with van der Waals surface area (Å²) in [6, 6.07) is 0. The number of hydrogen-bond acceptors (Lipinski definition) is 4. The maximum absolute atomic E-state index is 9.50. The second kappa shape index (κ2) is 17.0. The molecule has 0 bridgehead atoms. The molecule has 0 saturated carbocycles. The summed E-state index contributed by atoms with van der Waals surface area (Å²) in [5.74, 6) is -2.73. The summed E-state index contributed by atoms with van der Waals surface area (Å²) in [7, 11) is 0. The van der Waals surface area contributed by atoms with Crippen LogP contribution in [-0.2, 0) is 9.59 Å². The van der Waals surface area contributed by atoms with Crippen molar-refractivity contribution >= 4 is 39.2 Å². The normalized spacial score (nSPS) is 5.67. The standard InChI is InChI=1S/C4H6O4.3H2O.Pb/c5-3(6)1-2-4(7)8;;;;/h1-2H2,(H,5,6)(H,7,8);3*1H2;/q;;;;+2/p-2. The minimum absolute atomic E-state index is 0. The Morgan fingerprint density at radius 2 is 1.00 bits per heavy atom. The summed E-state index contributed by atoms with van der Waals surface area (Å²) in [6.07, 6.45) is -0.940. The quantitative estimate of drug-likeness (QED) is 0.446. The average Bonchev–Trinajstić information content (AvgIpc) is 1.61. The van der Waals surface area contributed by atoms with Crippen LogP contribution in [0.4, 0.5) is 0 Å². The van der Waals surface area contributed by atoms with E-state index in [2.05, 4.69) is 0 Å². The van der Waals surface area contributed by atoms with Gasteiger partial charge in [-0.25, -0.2) is 0 Å². The molecule has 0 fully saturated rings. The van der Waals surface area contributed by atoms with Crippen molar-refractivity contribution in [3.63, 3.8) is 0 Å². The molecule has 6 N–H and O–H groups in total. The number of carbonyl (C=O) groups excluding carboxylic acids is 2. The van der Waals surface area contributed by atoms with Crippen molar-refractivity contribution in [2.75, 3.05) is 0 Å². The molecule has 0 heterocycles. The number of carboxylic acids is 2. The van der Waals surface area contributed by atoms with Crippen LogP contribution >= 0.6 is 0 Å². The molecule has 0 saturated heterocycles. The fraction of sp³-hybridized carbons (Fsp3) is 0.500. The van der Waals surface area contributed by atoms with E-state index >= 15 is 0 Å².